The number of hydrogen-bond donors (Lipinski definition) is 0. The fourth-order valence-electron chi connectivity index (χ4n) is 11.3. The lowest BCUT2D eigenvalue weighted by molar-refractivity contribution is 1.18. The Bertz CT molecular complexity index is 4390. The van der Waals surface area contributed by atoms with Crippen molar-refractivity contribution in [1.29, 1.82) is 0 Å². The standard InChI is InChI=1S/C72H48N2/c1-5-19-49(20-6-1)53-27-15-29-55(41-53)61-47-65(60-32-16-28-54(42-60)50-21-7-2-8-22-50)72-68(48-61)67-46-59(38-40-71(67)74(72)63-34-18-31-57(44-63)52-25-11-4-12-26-52)58-37-39-70-66(45-58)64-35-13-14-36-69(64)73(70)62-33-17-30-56(43-62)51-23-9-3-10-24-51/h1-48H. The quantitative estimate of drug-likeness (QED) is 0.136. The average molecular weight is 941 g/mol. The fourth-order valence-corrected chi connectivity index (χ4v) is 11.3. The lowest BCUT2D eigenvalue weighted by Gasteiger charge is -2.16. The highest BCUT2D eigenvalue weighted by atomic mass is 15.0. The third-order valence-corrected chi connectivity index (χ3v) is 14.9. The molecule has 0 radical (unpaired) electrons. The lowest BCUT2D eigenvalue weighted by Crippen LogP contribution is -1.97. The van der Waals surface area contributed by atoms with Crippen LogP contribution < -0.4 is 0 Å². The van der Waals surface area contributed by atoms with Crippen LogP contribution >= 0.6 is 0 Å². The number of hydrogen-bond acceptors (Lipinski definition) is 0. The van der Waals surface area contributed by atoms with Gasteiger partial charge in [-0.05, 0) is 151 Å². The molecule has 346 valence electrons. The van der Waals surface area contributed by atoms with E-state index < -0.39 is 0 Å². The molecule has 0 bridgehead atoms. The largest absolute Gasteiger partial charge is 0.309 e. The lowest BCUT2D eigenvalue weighted by atomic mass is 9.92. The van der Waals surface area contributed by atoms with E-state index in [1.807, 2.05) is 0 Å². The molecule has 2 aromatic heterocycles. The van der Waals surface area contributed by atoms with E-state index in [1.165, 1.54) is 110 Å². The number of para-hydroxylation sites is 1. The molecule has 2 heterocycles. The Morgan fingerprint density at radius 3 is 1.07 bits per heavy atom. The van der Waals surface area contributed by atoms with Gasteiger partial charge >= 0.3 is 0 Å². The van der Waals surface area contributed by atoms with Gasteiger partial charge < -0.3 is 9.13 Å². The Hall–Kier alpha value is -9.76. The molecule has 14 rings (SSSR count). The molecule has 12 aromatic carbocycles. The predicted molar refractivity (Wildman–Crippen MR) is 313 cm³/mol. The Labute approximate surface area is 431 Å². The van der Waals surface area contributed by atoms with Crippen LogP contribution in [0.1, 0.15) is 0 Å². The second-order valence-corrected chi connectivity index (χ2v) is 19.3. The van der Waals surface area contributed by atoms with E-state index in [0.29, 0.717) is 0 Å². The Balaban J connectivity index is 1.01. The number of rotatable bonds is 9. The predicted octanol–water partition coefficient (Wildman–Crippen LogP) is 19.5. The average Bonchev–Trinajstić information content (AvgIpc) is 4.04. The van der Waals surface area contributed by atoms with Gasteiger partial charge in [-0.15, -0.1) is 0 Å². The van der Waals surface area contributed by atoms with E-state index in [0.717, 1.165) is 22.5 Å². The third-order valence-electron chi connectivity index (χ3n) is 14.9. The highest BCUT2D eigenvalue weighted by Crippen LogP contribution is 2.45. The first-order valence-electron chi connectivity index (χ1n) is 25.5. The van der Waals surface area contributed by atoms with Gasteiger partial charge in [-0.3, -0.25) is 0 Å². The van der Waals surface area contributed by atoms with E-state index in [2.05, 4.69) is 300 Å². The first-order valence-corrected chi connectivity index (χ1v) is 25.5. The summed E-state index contributed by atoms with van der Waals surface area (Å²) >= 11 is 0. The smallest absolute Gasteiger partial charge is 0.0619 e. The molecule has 0 N–H and O–H groups in total. The maximum Gasteiger partial charge on any atom is 0.0619 e. The maximum atomic E-state index is 2.51. The van der Waals surface area contributed by atoms with Crippen LogP contribution in [0.4, 0.5) is 0 Å². The number of benzene rings is 12. The summed E-state index contributed by atoms with van der Waals surface area (Å²) in [6.07, 6.45) is 0. The molecule has 0 saturated heterocycles. The second kappa shape index (κ2) is 18.1. The van der Waals surface area contributed by atoms with Crippen LogP contribution in [0.25, 0.3) is 133 Å². The molecule has 14 aromatic rings. The summed E-state index contributed by atoms with van der Waals surface area (Å²) < 4.78 is 4.93. The van der Waals surface area contributed by atoms with Crippen molar-refractivity contribution in [3.63, 3.8) is 0 Å². The van der Waals surface area contributed by atoms with Crippen molar-refractivity contribution in [3.05, 3.63) is 291 Å². The van der Waals surface area contributed by atoms with Gasteiger partial charge in [-0.25, -0.2) is 0 Å². The number of aromatic nitrogens is 2. The summed E-state index contributed by atoms with van der Waals surface area (Å²) in [5.74, 6) is 0. The van der Waals surface area contributed by atoms with Crippen LogP contribution in [0, 0.1) is 0 Å². The molecule has 74 heavy (non-hydrogen) atoms. The van der Waals surface area contributed by atoms with Crippen molar-refractivity contribution in [2.24, 2.45) is 0 Å². The molecule has 0 fully saturated rings. The normalized spacial score (nSPS) is 11.5. The van der Waals surface area contributed by atoms with E-state index in [-0.39, 0.29) is 0 Å². The molecule has 0 spiro atoms. The molecule has 0 amide bonds. The summed E-state index contributed by atoms with van der Waals surface area (Å²) in [6.45, 7) is 0. The van der Waals surface area contributed by atoms with Gasteiger partial charge in [0.2, 0.25) is 0 Å². The van der Waals surface area contributed by atoms with Crippen molar-refractivity contribution in [3.8, 4) is 89.3 Å². The van der Waals surface area contributed by atoms with Crippen molar-refractivity contribution in [1.82, 2.24) is 9.13 Å². The van der Waals surface area contributed by atoms with Crippen LogP contribution in [-0.2, 0) is 0 Å². The highest BCUT2D eigenvalue weighted by Gasteiger charge is 2.22. The van der Waals surface area contributed by atoms with Crippen LogP contribution in [0.5, 0.6) is 0 Å². The molecule has 0 aliphatic rings. The molecular weight excluding hydrogens is 893 g/mol. The zero-order valence-corrected chi connectivity index (χ0v) is 40.6. The van der Waals surface area contributed by atoms with E-state index in [9.17, 15) is 0 Å². The van der Waals surface area contributed by atoms with Crippen LogP contribution in [0.15, 0.2) is 291 Å². The van der Waals surface area contributed by atoms with Crippen molar-refractivity contribution in [2.75, 3.05) is 0 Å². The SMILES string of the molecule is c1ccc(-c2cccc(-c3cc(-c4cccc(-c5ccccc5)c4)c4c(c3)c3cc(-c5ccc6c(c5)c5ccccc5n6-c5cccc(-c6ccccc6)c5)ccc3n4-c3cccc(-c4ccccc4)c3)c2)cc1. The van der Waals surface area contributed by atoms with Gasteiger partial charge in [0.15, 0.2) is 0 Å². The summed E-state index contributed by atoms with van der Waals surface area (Å²) in [4.78, 5) is 0. The van der Waals surface area contributed by atoms with Crippen molar-refractivity contribution >= 4 is 43.6 Å². The Morgan fingerprint density at radius 2 is 0.527 bits per heavy atom. The highest BCUT2D eigenvalue weighted by molar-refractivity contribution is 6.17. The molecule has 0 aliphatic heterocycles. The molecule has 0 aliphatic carbocycles. The summed E-state index contributed by atoms with van der Waals surface area (Å²) in [5, 5.41) is 4.86. The minimum atomic E-state index is 1.11. The maximum absolute atomic E-state index is 2.51. The van der Waals surface area contributed by atoms with Crippen molar-refractivity contribution < 1.29 is 0 Å². The molecule has 0 atom stereocenters. The van der Waals surface area contributed by atoms with Gasteiger partial charge in [-0.1, -0.05) is 212 Å². The molecular formula is C72H48N2. The molecule has 2 heteroatoms. The Kier molecular flexibility index (Phi) is 10.6. The molecule has 0 saturated carbocycles. The van der Waals surface area contributed by atoms with Gasteiger partial charge in [0, 0.05) is 38.5 Å². The Morgan fingerprint density at radius 1 is 0.176 bits per heavy atom. The summed E-state index contributed by atoms with van der Waals surface area (Å²) in [6, 6.07) is 107. The van der Waals surface area contributed by atoms with E-state index in [1.54, 1.807) is 0 Å². The number of nitrogens with zero attached hydrogens (tertiary/aromatic N) is 2. The van der Waals surface area contributed by atoms with Gasteiger partial charge in [0.1, 0.15) is 0 Å². The monoisotopic (exact) mass is 940 g/mol. The minimum absolute atomic E-state index is 1.11. The van der Waals surface area contributed by atoms with E-state index >= 15 is 0 Å². The third kappa shape index (κ3) is 7.60. The first-order chi connectivity index (χ1) is 36.7. The van der Waals surface area contributed by atoms with Gasteiger partial charge in [0.25, 0.3) is 0 Å². The van der Waals surface area contributed by atoms with Crippen LogP contribution in [0.3, 0.4) is 0 Å². The molecule has 0 unspecified atom stereocenters. The fraction of sp³-hybridized carbons (Fsp3) is 0. The van der Waals surface area contributed by atoms with Gasteiger partial charge in [-0.2, -0.15) is 0 Å². The minimum Gasteiger partial charge on any atom is -0.309 e. The van der Waals surface area contributed by atoms with Crippen molar-refractivity contribution in [2.45, 2.75) is 0 Å². The van der Waals surface area contributed by atoms with Crippen LogP contribution in [-0.4, -0.2) is 9.13 Å². The summed E-state index contributed by atoms with van der Waals surface area (Å²) in [7, 11) is 0. The summed E-state index contributed by atoms with van der Waals surface area (Å²) in [5.41, 5.74) is 23.5. The van der Waals surface area contributed by atoms with Gasteiger partial charge in [0.05, 0.1) is 22.1 Å². The zero-order chi connectivity index (χ0) is 49.0. The topological polar surface area (TPSA) is 9.86 Å². The number of fused-ring (bicyclic) bond motifs is 6. The second-order valence-electron chi connectivity index (χ2n) is 19.3. The van der Waals surface area contributed by atoms with Crippen LogP contribution in [0.2, 0.25) is 0 Å². The molecule has 2 nitrogen and oxygen atoms in total. The zero-order valence-electron chi connectivity index (χ0n) is 40.6. The van der Waals surface area contributed by atoms with E-state index in [4.69, 9.17) is 0 Å². The first kappa shape index (κ1) is 43.1.